The molecule has 0 rings (SSSR count). The Morgan fingerprint density at radius 1 is 0.767 bits per heavy atom. The maximum absolute atomic E-state index is 11.5. The van der Waals surface area contributed by atoms with Crippen LogP contribution in [-0.4, -0.2) is 81.3 Å². The van der Waals surface area contributed by atoms with Crippen molar-refractivity contribution in [1.29, 1.82) is 0 Å². The summed E-state index contributed by atoms with van der Waals surface area (Å²) < 4.78 is 5.14. The van der Waals surface area contributed by atoms with Gasteiger partial charge in [0.15, 0.2) is 0 Å². The quantitative estimate of drug-likeness (QED) is 0.343. The molecule has 0 aliphatic heterocycles. The molecule has 7 nitrogen and oxygen atoms in total. The van der Waals surface area contributed by atoms with E-state index in [4.69, 9.17) is 4.74 Å². The van der Waals surface area contributed by atoms with Gasteiger partial charge in [-0.3, -0.25) is 4.79 Å². The minimum atomic E-state index is -0.328. The van der Waals surface area contributed by atoms with Gasteiger partial charge in [-0.25, -0.2) is 4.79 Å². The summed E-state index contributed by atoms with van der Waals surface area (Å²) in [4.78, 5) is 27.4. The van der Waals surface area contributed by atoms with E-state index in [1.807, 2.05) is 0 Å². The fraction of sp³-hybridized carbons (Fsp3) is 0.913. The Morgan fingerprint density at radius 2 is 1.33 bits per heavy atom. The smallest absolute Gasteiger partial charge is 0.407 e. The third kappa shape index (κ3) is 22.9. The molecule has 0 heterocycles. The average molecular weight is 431 g/mol. The number of ether oxygens (including phenoxy) is 1. The lowest BCUT2D eigenvalue weighted by Crippen LogP contribution is -2.31. The van der Waals surface area contributed by atoms with Crippen LogP contribution in [0.25, 0.3) is 0 Å². The number of amides is 2. The summed E-state index contributed by atoms with van der Waals surface area (Å²) in [7, 11) is 2.11. The van der Waals surface area contributed by atoms with Crippen LogP contribution < -0.4 is 10.6 Å². The second kappa shape index (κ2) is 23.9. The molecule has 30 heavy (non-hydrogen) atoms. The SMILES string of the molecule is CCCCC(=O)NCCCCCCNC(=O)OCCN(CC)CC.CCN(C)CC. The molecule has 0 aromatic rings. The van der Waals surface area contributed by atoms with E-state index in [1.54, 1.807) is 0 Å². The molecule has 0 fully saturated rings. The van der Waals surface area contributed by atoms with Gasteiger partial charge >= 0.3 is 6.09 Å². The molecule has 0 saturated heterocycles. The first kappa shape index (κ1) is 30.9. The monoisotopic (exact) mass is 430 g/mol. The molecule has 0 aliphatic rings. The second-order valence-corrected chi connectivity index (χ2v) is 7.45. The first-order valence-electron chi connectivity index (χ1n) is 12.0. The number of rotatable bonds is 17. The number of carbonyl (C=O) groups is 2. The van der Waals surface area contributed by atoms with Gasteiger partial charge in [0.2, 0.25) is 5.91 Å². The third-order valence-corrected chi connectivity index (χ3v) is 5.07. The van der Waals surface area contributed by atoms with Crippen LogP contribution in [0.5, 0.6) is 0 Å². The van der Waals surface area contributed by atoms with Gasteiger partial charge in [0.25, 0.3) is 0 Å². The summed E-state index contributed by atoms with van der Waals surface area (Å²) in [6.07, 6.45) is 6.36. The predicted molar refractivity (Wildman–Crippen MR) is 127 cm³/mol. The summed E-state index contributed by atoms with van der Waals surface area (Å²) in [5.41, 5.74) is 0. The molecular weight excluding hydrogens is 380 g/mol. The Balaban J connectivity index is 0. The van der Waals surface area contributed by atoms with Gasteiger partial charge in [0.05, 0.1) is 0 Å². The minimum absolute atomic E-state index is 0.158. The van der Waals surface area contributed by atoms with Crippen molar-refractivity contribution in [2.24, 2.45) is 0 Å². The molecule has 0 bridgehead atoms. The molecule has 0 radical (unpaired) electrons. The van der Waals surface area contributed by atoms with Crippen LogP contribution in [0.15, 0.2) is 0 Å². The molecular formula is C23H50N4O3. The van der Waals surface area contributed by atoms with Crippen molar-refractivity contribution in [2.45, 2.75) is 79.6 Å². The molecule has 0 unspecified atom stereocenters. The molecule has 0 spiro atoms. The number of alkyl carbamates (subject to hydrolysis) is 1. The summed E-state index contributed by atoms with van der Waals surface area (Å²) in [5, 5.41) is 5.71. The second-order valence-electron chi connectivity index (χ2n) is 7.45. The molecule has 0 aromatic heterocycles. The van der Waals surface area contributed by atoms with Crippen LogP contribution in [0.4, 0.5) is 4.79 Å². The van der Waals surface area contributed by atoms with E-state index in [1.165, 1.54) is 0 Å². The van der Waals surface area contributed by atoms with E-state index in [0.29, 0.717) is 19.6 Å². The molecule has 7 heteroatoms. The molecule has 0 atom stereocenters. The first-order valence-corrected chi connectivity index (χ1v) is 12.0. The predicted octanol–water partition coefficient (Wildman–Crippen LogP) is 3.88. The van der Waals surface area contributed by atoms with Crippen LogP contribution in [-0.2, 0) is 9.53 Å². The number of nitrogens with one attached hydrogen (secondary N) is 2. The normalized spacial score (nSPS) is 10.5. The van der Waals surface area contributed by atoms with Crippen LogP contribution in [0.1, 0.15) is 79.6 Å². The van der Waals surface area contributed by atoms with Gasteiger partial charge < -0.3 is 25.2 Å². The highest BCUT2D eigenvalue weighted by atomic mass is 16.5. The lowest BCUT2D eigenvalue weighted by Gasteiger charge is -2.17. The van der Waals surface area contributed by atoms with Crippen molar-refractivity contribution in [2.75, 3.05) is 59.5 Å². The minimum Gasteiger partial charge on any atom is -0.448 e. The highest BCUT2D eigenvalue weighted by molar-refractivity contribution is 5.75. The Labute approximate surface area is 186 Å². The van der Waals surface area contributed by atoms with Crippen molar-refractivity contribution < 1.29 is 14.3 Å². The summed E-state index contributed by atoms with van der Waals surface area (Å²) in [6.45, 7) is 17.5. The Morgan fingerprint density at radius 3 is 1.80 bits per heavy atom. The Kier molecular flexibility index (Phi) is 24.6. The van der Waals surface area contributed by atoms with Crippen LogP contribution in [0.2, 0.25) is 0 Å². The van der Waals surface area contributed by atoms with E-state index in [9.17, 15) is 9.59 Å². The van der Waals surface area contributed by atoms with Crippen LogP contribution >= 0.6 is 0 Å². The van der Waals surface area contributed by atoms with Gasteiger partial charge in [0.1, 0.15) is 6.61 Å². The number of hydrogen-bond donors (Lipinski definition) is 2. The summed E-state index contributed by atoms with van der Waals surface area (Å²) >= 11 is 0. The number of likely N-dealkylation sites (N-methyl/N-ethyl adjacent to an activating group) is 1. The zero-order chi connectivity index (χ0) is 23.0. The maximum Gasteiger partial charge on any atom is 0.407 e. The van der Waals surface area contributed by atoms with Crippen molar-refractivity contribution in [3.05, 3.63) is 0 Å². The Hall–Kier alpha value is -1.34. The lowest BCUT2D eigenvalue weighted by molar-refractivity contribution is -0.121. The molecule has 180 valence electrons. The van der Waals surface area contributed by atoms with Gasteiger partial charge in [-0.1, -0.05) is 53.9 Å². The van der Waals surface area contributed by atoms with Crippen molar-refractivity contribution in [3.8, 4) is 0 Å². The van der Waals surface area contributed by atoms with Gasteiger partial charge in [-0.2, -0.15) is 0 Å². The topological polar surface area (TPSA) is 73.9 Å². The standard InChI is InChI=1S/C18H37N3O3.C5H13N/c1-4-7-12-17(22)19-13-10-8-9-11-14-20-18(23)24-16-15-21(5-2)6-3;1-4-6(3)5-2/h4-16H2,1-3H3,(H,19,22)(H,20,23);4-5H2,1-3H3. The van der Waals surface area contributed by atoms with Gasteiger partial charge in [0, 0.05) is 26.1 Å². The molecule has 0 aromatic carbocycles. The fourth-order valence-electron chi connectivity index (χ4n) is 2.53. The van der Waals surface area contributed by atoms with Crippen LogP contribution in [0.3, 0.4) is 0 Å². The fourth-order valence-corrected chi connectivity index (χ4v) is 2.53. The van der Waals surface area contributed by atoms with Crippen LogP contribution in [0, 0.1) is 0 Å². The summed E-state index contributed by atoms with van der Waals surface area (Å²) in [6, 6.07) is 0. The number of nitrogens with zero attached hydrogens (tertiary/aromatic N) is 2. The van der Waals surface area contributed by atoms with Crippen molar-refractivity contribution >= 4 is 12.0 Å². The molecule has 0 saturated carbocycles. The zero-order valence-corrected chi connectivity index (χ0v) is 20.7. The van der Waals surface area contributed by atoms with E-state index in [-0.39, 0.29) is 12.0 Å². The maximum atomic E-state index is 11.5. The first-order chi connectivity index (χ1) is 14.4. The van der Waals surface area contributed by atoms with Gasteiger partial charge in [-0.05, 0) is 52.5 Å². The van der Waals surface area contributed by atoms with Crippen molar-refractivity contribution in [1.82, 2.24) is 20.4 Å². The van der Waals surface area contributed by atoms with E-state index in [0.717, 1.165) is 77.8 Å². The zero-order valence-electron chi connectivity index (χ0n) is 20.7. The number of unbranched alkanes of at least 4 members (excludes halogenated alkanes) is 4. The number of hydrogen-bond acceptors (Lipinski definition) is 5. The molecule has 0 aliphatic carbocycles. The lowest BCUT2D eigenvalue weighted by atomic mass is 10.2. The third-order valence-electron chi connectivity index (χ3n) is 5.07. The molecule has 2 amide bonds. The highest BCUT2D eigenvalue weighted by Gasteiger charge is 2.03. The molecule has 2 N–H and O–H groups in total. The largest absolute Gasteiger partial charge is 0.448 e. The van der Waals surface area contributed by atoms with Crippen molar-refractivity contribution in [3.63, 3.8) is 0 Å². The highest BCUT2D eigenvalue weighted by Crippen LogP contribution is 1.99. The summed E-state index contributed by atoms with van der Waals surface area (Å²) in [5.74, 6) is 0.158. The number of carbonyl (C=O) groups excluding carboxylic acids is 2. The average Bonchev–Trinajstić information content (AvgIpc) is 2.76. The van der Waals surface area contributed by atoms with Gasteiger partial charge in [-0.15, -0.1) is 0 Å². The Bertz CT molecular complexity index is 387. The van der Waals surface area contributed by atoms with E-state index in [2.05, 4.69) is 62.1 Å². The van der Waals surface area contributed by atoms with E-state index < -0.39 is 0 Å². The van der Waals surface area contributed by atoms with E-state index >= 15 is 0 Å².